The lowest BCUT2D eigenvalue weighted by Crippen LogP contribution is -2.42. The maximum absolute atomic E-state index is 12.1. The average molecular weight is 223 g/mol. The third kappa shape index (κ3) is 1.77. The van der Waals surface area contributed by atoms with Crippen molar-refractivity contribution in [2.24, 2.45) is 5.41 Å². The highest BCUT2D eigenvalue weighted by atomic mass is 16.2. The molecule has 1 aliphatic heterocycles. The van der Waals surface area contributed by atoms with Crippen molar-refractivity contribution in [1.29, 1.82) is 0 Å². The molecule has 0 aliphatic carbocycles. The zero-order valence-electron chi connectivity index (χ0n) is 9.89. The molecule has 5 nitrogen and oxygen atoms in total. The van der Waals surface area contributed by atoms with Crippen LogP contribution in [-0.2, 0) is 17.8 Å². The first kappa shape index (κ1) is 11.0. The molecule has 16 heavy (non-hydrogen) atoms. The van der Waals surface area contributed by atoms with Crippen molar-refractivity contribution >= 4 is 5.91 Å². The van der Waals surface area contributed by atoms with Gasteiger partial charge >= 0.3 is 0 Å². The summed E-state index contributed by atoms with van der Waals surface area (Å²) < 4.78 is 0. The topological polar surface area (TPSA) is 69.0 Å². The van der Waals surface area contributed by atoms with Gasteiger partial charge in [-0.3, -0.25) is 14.7 Å². The van der Waals surface area contributed by atoms with E-state index in [4.69, 9.17) is 0 Å². The molecule has 2 rings (SSSR count). The first-order valence-corrected chi connectivity index (χ1v) is 5.47. The molecule has 1 aromatic heterocycles. The molecule has 0 saturated heterocycles. The number of amides is 1. The van der Waals surface area contributed by atoms with Gasteiger partial charge in [-0.2, -0.15) is 0 Å². The largest absolute Gasteiger partial charge is 0.336 e. The fraction of sp³-hybridized carbons (Fsp3) is 0.636. The van der Waals surface area contributed by atoms with Crippen LogP contribution in [-0.4, -0.2) is 27.5 Å². The summed E-state index contributed by atoms with van der Waals surface area (Å²) in [5.41, 5.74) is 1.21. The molecular formula is C11H17N3O2. The molecule has 2 N–H and O–H groups in total. The molecule has 1 aromatic rings. The lowest BCUT2D eigenvalue weighted by molar-refractivity contribution is -0.140. The molecule has 0 radical (unpaired) electrons. The summed E-state index contributed by atoms with van der Waals surface area (Å²) in [5.74, 6) is 0.125. The molecular weight excluding hydrogens is 206 g/mol. The lowest BCUT2D eigenvalue weighted by atomic mass is 9.93. The average Bonchev–Trinajstić information content (AvgIpc) is 2.57. The van der Waals surface area contributed by atoms with Gasteiger partial charge in [0.15, 0.2) is 0 Å². The highest BCUT2D eigenvalue weighted by Gasteiger charge is 2.30. The van der Waals surface area contributed by atoms with Crippen LogP contribution in [0.4, 0.5) is 0 Å². The molecule has 5 heteroatoms. The van der Waals surface area contributed by atoms with Gasteiger partial charge in [0.1, 0.15) is 0 Å². The fourth-order valence-corrected chi connectivity index (χ4v) is 1.98. The highest BCUT2D eigenvalue weighted by molar-refractivity contribution is 5.81. The molecule has 0 saturated carbocycles. The van der Waals surface area contributed by atoms with E-state index in [2.05, 4.69) is 10.2 Å². The van der Waals surface area contributed by atoms with Crippen molar-refractivity contribution in [3.63, 3.8) is 0 Å². The summed E-state index contributed by atoms with van der Waals surface area (Å²) in [4.78, 5) is 25.2. The Labute approximate surface area is 93.8 Å². The van der Waals surface area contributed by atoms with Gasteiger partial charge in [-0.15, -0.1) is 0 Å². The third-order valence-electron chi connectivity index (χ3n) is 2.87. The van der Waals surface area contributed by atoms with E-state index in [-0.39, 0.29) is 16.9 Å². The minimum atomic E-state index is -0.367. The first-order valence-electron chi connectivity index (χ1n) is 5.47. The number of nitrogens with one attached hydrogen (secondary N) is 2. The third-order valence-corrected chi connectivity index (χ3v) is 2.87. The monoisotopic (exact) mass is 223 g/mol. The Morgan fingerprint density at radius 3 is 2.62 bits per heavy atom. The predicted molar refractivity (Wildman–Crippen MR) is 60.0 cm³/mol. The quantitative estimate of drug-likeness (QED) is 0.677. The van der Waals surface area contributed by atoms with E-state index in [0.29, 0.717) is 19.5 Å². The highest BCUT2D eigenvalue weighted by Crippen LogP contribution is 2.21. The normalized spacial score (nSPS) is 16.1. The molecule has 0 atom stereocenters. The van der Waals surface area contributed by atoms with Crippen LogP contribution in [0.2, 0.25) is 0 Å². The SMILES string of the molecule is CC(C)(C)C(=O)N1CCc2c([nH][nH]c2=O)C1. The lowest BCUT2D eigenvalue weighted by Gasteiger charge is -2.31. The zero-order valence-corrected chi connectivity index (χ0v) is 9.89. The molecule has 88 valence electrons. The number of aromatic amines is 2. The van der Waals surface area contributed by atoms with Crippen LogP contribution in [0.3, 0.4) is 0 Å². The van der Waals surface area contributed by atoms with E-state index in [1.54, 1.807) is 4.90 Å². The van der Waals surface area contributed by atoms with Gasteiger partial charge in [0.2, 0.25) is 5.91 Å². The summed E-state index contributed by atoms with van der Waals surface area (Å²) in [6, 6.07) is 0. The van der Waals surface area contributed by atoms with Crippen molar-refractivity contribution in [3.05, 3.63) is 21.6 Å². The number of carbonyl (C=O) groups is 1. The molecule has 0 aromatic carbocycles. The Morgan fingerprint density at radius 1 is 1.31 bits per heavy atom. The van der Waals surface area contributed by atoms with Crippen LogP contribution < -0.4 is 5.56 Å². The van der Waals surface area contributed by atoms with Crippen molar-refractivity contribution in [2.75, 3.05) is 6.54 Å². The first-order chi connectivity index (χ1) is 7.39. The molecule has 0 unspecified atom stereocenters. The van der Waals surface area contributed by atoms with Crippen LogP contribution in [0.1, 0.15) is 32.0 Å². The standard InChI is InChI=1S/C11H17N3O2/c1-11(2,3)10(16)14-5-4-7-8(6-14)12-13-9(7)15/h4-6H2,1-3H3,(H2,12,13,15). The number of nitrogens with zero attached hydrogens (tertiary/aromatic N) is 1. The van der Waals surface area contributed by atoms with Gasteiger partial charge in [-0.05, 0) is 6.42 Å². The summed E-state index contributed by atoms with van der Waals surface area (Å²) in [6.07, 6.45) is 0.635. The van der Waals surface area contributed by atoms with E-state index in [9.17, 15) is 9.59 Å². The predicted octanol–water partition coefficient (Wildman–Crippen LogP) is 0.634. The second-order valence-corrected chi connectivity index (χ2v) is 5.26. The van der Waals surface area contributed by atoms with E-state index in [1.807, 2.05) is 20.8 Å². The number of fused-ring (bicyclic) bond motifs is 1. The van der Waals surface area contributed by atoms with E-state index < -0.39 is 0 Å². The summed E-state index contributed by atoms with van der Waals surface area (Å²) >= 11 is 0. The van der Waals surface area contributed by atoms with Crippen LogP contribution in [0.5, 0.6) is 0 Å². The number of hydrogen-bond donors (Lipinski definition) is 2. The van der Waals surface area contributed by atoms with Crippen LogP contribution in [0, 0.1) is 5.41 Å². The molecule has 1 amide bonds. The Balaban J connectivity index is 2.21. The number of rotatable bonds is 0. The number of carbonyl (C=O) groups excluding carboxylic acids is 1. The van der Waals surface area contributed by atoms with E-state index in [0.717, 1.165) is 11.3 Å². The molecule has 2 heterocycles. The number of aromatic nitrogens is 2. The summed E-state index contributed by atoms with van der Waals surface area (Å²) in [5, 5.41) is 5.39. The minimum absolute atomic E-state index is 0.0575. The van der Waals surface area contributed by atoms with Crippen LogP contribution in [0.25, 0.3) is 0 Å². The van der Waals surface area contributed by atoms with Gasteiger partial charge in [0, 0.05) is 17.5 Å². The Bertz CT molecular complexity index is 464. The Morgan fingerprint density at radius 2 is 2.00 bits per heavy atom. The van der Waals surface area contributed by atoms with E-state index >= 15 is 0 Å². The minimum Gasteiger partial charge on any atom is -0.336 e. The second kappa shape index (κ2) is 3.50. The maximum Gasteiger partial charge on any atom is 0.267 e. The van der Waals surface area contributed by atoms with Crippen molar-refractivity contribution in [1.82, 2.24) is 15.1 Å². The molecule has 0 spiro atoms. The van der Waals surface area contributed by atoms with E-state index in [1.165, 1.54) is 0 Å². The summed E-state index contributed by atoms with van der Waals surface area (Å²) in [7, 11) is 0. The van der Waals surface area contributed by atoms with Crippen molar-refractivity contribution < 1.29 is 4.79 Å². The smallest absolute Gasteiger partial charge is 0.267 e. The molecule has 1 aliphatic rings. The Kier molecular flexibility index (Phi) is 2.40. The van der Waals surface area contributed by atoms with Crippen LogP contribution >= 0.6 is 0 Å². The second-order valence-electron chi connectivity index (χ2n) is 5.26. The molecule has 0 fully saturated rings. The van der Waals surface area contributed by atoms with Gasteiger partial charge in [0.05, 0.1) is 12.2 Å². The van der Waals surface area contributed by atoms with Crippen molar-refractivity contribution in [2.45, 2.75) is 33.7 Å². The van der Waals surface area contributed by atoms with Gasteiger partial charge < -0.3 is 10.00 Å². The summed E-state index contributed by atoms with van der Waals surface area (Å²) in [6.45, 7) is 6.86. The maximum atomic E-state index is 12.1. The zero-order chi connectivity index (χ0) is 11.9. The van der Waals surface area contributed by atoms with Gasteiger partial charge in [0.25, 0.3) is 5.56 Å². The van der Waals surface area contributed by atoms with Gasteiger partial charge in [-0.1, -0.05) is 20.8 Å². The Hall–Kier alpha value is -1.52. The number of H-pyrrole nitrogens is 2. The number of hydrogen-bond acceptors (Lipinski definition) is 2. The van der Waals surface area contributed by atoms with Crippen molar-refractivity contribution in [3.8, 4) is 0 Å². The van der Waals surface area contributed by atoms with Crippen LogP contribution in [0.15, 0.2) is 4.79 Å². The van der Waals surface area contributed by atoms with Gasteiger partial charge in [-0.25, -0.2) is 0 Å². The fourth-order valence-electron chi connectivity index (χ4n) is 1.98. The molecule has 0 bridgehead atoms.